The second-order valence-corrected chi connectivity index (χ2v) is 5.12. The van der Waals surface area contributed by atoms with E-state index < -0.39 is 5.82 Å². The number of para-hydroxylation sites is 2. The first kappa shape index (κ1) is 15.7. The molecule has 0 atom stereocenters. The minimum atomic E-state index is -0.491. The first-order valence-corrected chi connectivity index (χ1v) is 7.45. The summed E-state index contributed by atoms with van der Waals surface area (Å²) in [7, 11) is 0. The molecule has 1 N–H and O–H groups in total. The zero-order valence-corrected chi connectivity index (χ0v) is 12.9. The van der Waals surface area contributed by atoms with Crippen molar-refractivity contribution in [3.8, 4) is 11.4 Å². The molecule has 0 unspecified atom stereocenters. The highest BCUT2D eigenvalue weighted by Gasteiger charge is 2.07. The highest BCUT2D eigenvalue weighted by Crippen LogP contribution is 2.15. The van der Waals surface area contributed by atoms with Gasteiger partial charge in [-0.1, -0.05) is 30.3 Å². The Hall–Kier alpha value is -3.15. The molecular formula is C18H16FN3O2. The molecule has 0 aliphatic heterocycles. The number of aromatic nitrogens is 2. The summed E-state index contributed by atoms with van der Waals surface area (Å²) in [4.78, 5) is 11.8. The molecule has 0 saturated carbocycles. The third-order valence-electron chi connectivity index (χ3n) is 3.34. The smallest absolute Gasteiger partial charge is 0.258 e. The number of hydrogen-bond acceptors (Lipinski definition) is 3. The third-order valence-corrected chi connectivity index (χ3v) is 3.34. The van der Waals surface area contributed by atoms with E-state index in [9.17, 15) is 9.18 Å². The van der Waals surface area contributed by atoms with Gasteiger partial charge in [0, 0.05) is 18.3 Å². The lowest BCUT2D eigenvalue weighted by Gasteiger charge is -2.07. The Morgan fingerprint density at radius 1 is 1.12 bits per heavy atom. The minimum Gasteiger partial charge on any atom is -0.481 e. The summed E-state index contributed by atoms with van der Waals surface area (Å²) in [5.41, 5.74) is 1.80. The lowest BCUT2D eigenvalue weighted by molar-refractivity contribution is -0.123. The van der Waals surface area contributed by atoms with Gasteiger partial charge in [0.1, 0.15) is 0 Å². The summed E-state index contributed by atoms with van der Waals surface area (Å²) >= 11 is 0. The van der Waals surface area contributed by atoms with Gasteiger partial charge in [-0.3, -0.25) is 4.79 Å². The van der Waals surface area contributed by atoms with E-state index in [2.05, 4.69) is 10.4 Å². The summed E-state index contributed by atoms with van der Waals surface area (Å²) in [6, 6.07) is 15.6. The lowest BCUT2D eigenvalue weighted by Crippen LogP contribution is -2.28. The predicted molar refractivity (Wildman–Crippen MR) is 87.3 cm³/mol. The van der Waals surface area contributed by atoms with Crippen LogP contribution in [0.4, 0.5) is 4.39 Å². The van der Waals surface area contributed by atoms with E-state index in [1.54, 1.807) is 23.0 Å². The molecule has 1 heterocycles. The molecule has 0 spiro atoms. The van der Waals surface area contributed by atoms with Crippen LogP contribution in [-0.4, -0.2) is 22.3 Å². The van der Waals surface area contributed by atoms with Gasteiger partial charge in [0.2, 0.25) is 0 Å². The van der Waals surface area contributed by atoms with E-state index in [-0.39, 0.29) is 18.3 Å². The molecule has 122 valence electrons. The van der Waals surface area contributed by atoms with E-state index in [4.69, 9.17) is 4.74 Å². The Morgan fingerprint density at radius 2 is 1.88 bits per heavy atom. The largest absolute Gasteiger partial charge is 0.481 e. The van der Waals surface area contributed by atoms with Crippen LogP contribution in [0.25, 0.3) is 5.69 Å². The van der Waals surface area contributed by atoms with Crippen LogP contribution in [0.15, 0.2) is 67.0 Å². The zero-order chi connectivity index (χ0) is 16.8. The molecule has 5 nitrogen and oxygen atoms in total. The van der Waals surface area contributed by atoms with E-state index in [1.165, 1.54) is 12.1 Å². The normalized spacial score (nSPS) is 10.4. The van der Waals surface area contributed by atoms with Crippen molar-refractivity contribution in [3.63, 3.8) is 0 Å². The highest BCUT2D eigenvalue weighted by molar-refractivity contribution is 5.77. The van der Waals surface area contributed by atoms with Crippen LogP contribution in [0, 0.1) is 5.82 Å². The average molecular weight is 325 g/mol. The Balaban J connectivity index is 1.50. The van der Waals surface area contributed by atoms with Gasteiger partial charge in [0.25, 0.3) is 5.91 Å². The second kappa shape index (κ2) is 7.41. The van der Waals surface area contributed by atoms with Gasteiger partial charge < -0.3 is 10.1 Å². The number of benzene rings is 2. The topological polar surface area (TPSA) is 56.1 Å². The van der Waals surface area contributed by atoms with E-state index in [0.717, 1.165) is 11.3 Å². The number of halogens is 1. The standard InChI is InChI=1S/C18H16FN3O2/c19-16-8-4-5-9-17(16)24-13-18(23)20-10-14-11-21-22(12-14)15-6-2-1-3-7-15/h1-9,11-12H,10,13H2,(H,20,23). The number of carbonyl (C=O) groups is 1. The number of carbonyl (C=O) groups excluding carboxylic acids is 1. The summed E-state index contributed by atoms with van der Waals surface area (Å²) in [6.45, 7) is 0.0834. The summed E-state index contributed by atoms with van der Waals surface area (Å²) in [6.07, 6.45) is 3.53. The third kappa shape index (κ3) is 3.98. The molecule has 1 aromatic heterocycles. The van der Waals surface area contributed by atoms with Crippen molar-refractivity contribution >= 4 is 5.91 Å². The van der Waals surface area contributed by atoms with Crippen LogP contribution in [-0.2, 0) is 11.3 Å². The summed E-state index contributed by atoms with van der Waals surface area (Å²) in [5, 5.41) is 6.97. The maximum atomic E-state index is 13.4. The number of hydrogen-bond donors (Lipinski definition) is 1. The summed E-state index contributed by atoms with van der Waals surface area (Å²) in [5.74, 6) is -0.760. The Labute approximate surface area is 138 Å². The van der Waals surface area contributed by atoms with E-state index >= 15 is 0 Å². The van der Waals surface area contributed by atoms with Gasteiger partial charge in [-0.15, -0.1) is 0 Å². The Kier molecular flexibility index (Phi) is 4.86. The maximum Gasteiger partial charge on any atom is 0.258 e. The molecule has 3 rings (SSSR count). The molecular weight excluding hydrogens is 309 g/mol. The van der Waals surface area contributed by atoms with Gasteiger partial charge in [-0.25, -0.2) is 9.07 Å². The van der Waals surface area contributed by atoms with Gasteiger partial charge >= 0.3 is 0 Å². The molecule has 0 radical (unpaired) electrons. The van der Waals surface area contributed by atoms with E-state index in [0.29, 0.717) is 6.54 Å². The lowest BCUT2D eigenvalue weighted by atomic mass is 10.3. The summed E-state index contributed by atoms with van der Waals surface area (Å²) < 4.78 is 20.3. The van der Waals surface area contributed by atoms with Crippen LogP contribution in [0.1, 0.15) is 5.56 Å². The van der Waals surface area contributed by atoms with Gasteiger partial charge in [-0.05, 0) is 24.3 Å². The first-order valence-electron chi connectivity index (χ1n) is 7.45. The maximum absolute atomic E-state index is 13.4. The number of ether oxygens (including phenoxy) is 1. The molecule has 0 saturated heterocycles. The quantitative estimate of drug-likeness (QED) is 0.758. The molecule has 0 aliphatic carbocycles. The number of amides is 1. The Bertz CT molecular complexity index is 818. The van der Waals surface area contributed by atoms with Gasteiger partial charge in [0.15, 0.2) is 18.2 Å². The van der Waals surface area contributed by atoms with Crippen molar-refractivity contribution in [2.75, 3.05) is 6.61 Å². The molecule has 0 bridgehead atoms. The van der Waals surface area contributed by atoms with Crippen molar-refractivity contribution < 1.29 is 13.9 Å². The van der Waals surface area contributed by atoms with Crippen molar-refractivity contribution in [1.29, 1.82) is 0 Å². The number of nitrogens with zero attached hydrogens (tertiary/aromatic N) is 2. The van der Waals surface area contributed by atoms with Crippen LogP contribution in [0.3, 0.4) is 0 Å². The van der Waals surface area contributed by atoms with Crippen molar-refractivity contribution in [3.05, 3.63) is 78.4 Å². The monoisotopic (exact) mass is 325 g/mol. The average Bonchev–Trinajstić information content (AvgIpc) is 3.09. The zero-order valence-electron chi connectivity index (χ0n) is 12.9. The first-order chi connectivity index (χ1) is 11.7. The molecule has 1 amide bonds. The van der Waals surface area contributed by atoms with Crippen molar-refractivity contribution in [2.45, 2.75) is 6.54 Å². The van der Waals surface area contributed by atoms with Gasteiger partial charge in [0.05, 0.1) is 11.9 Å². The number of nitrogens with one attached hydrogen (secondary N) is 1. The molecule has 0 fully saturated rings. The van der Waals surface area contributed by atoms with Crippen molar-refractivity contribution in [1.82, 2.24) is 15.1 Å². The van der Waals surface area contributed by atoms with Crippen LogP contribution in [0.5, 0.6) is 5.75 Å². The molecule has 6 heteroatoms. The molecule has 2 aromatic carbocycles. The second-order valence-electron chi connectivity index (χ2n) is 5.12. The molecule has 24 heavy (non-hydrogen) atoms. The van der Waals surface area contributed by atoms with Crippen LogP contribution in [0.2, 0.25) is 0 Å². The Morgan fingerprint density at radius 3 is 2.67 bits per heavy atom. The van der Waals surface area contributed by atoms with Crippen LogP contribution < -0.4 is 10.1 Å². The van der Waals surface area contributed by atoms with Crippen molar-refractivity contribution in [2.24, 2.45) is 0 Å². The molecule has 0 aliphatic rings. The highest BCUT2D eigenvalue weighted by atomic mass is 19.1. The fraction of sp³-hybridized carbons (Fsp3) is 0.111. The predicted octanol–water partition coefficient (Wildman–Crippen LogP) is 2.71. The van der Waals surface area contributed by atoms with Gasteiger partial charge in [-0.2, -0.15) is 5.10 Å². The minimum absolute atomic E-state index is 0.0598. The molecule has 3 aromatic rings. The van der Waals surface area contributed by atoms with E-state index in [1.807, 2.05) is 36.5 Å². The van der Waals surface area contributed by atoms with Crippen LogP contribution >= 0.6 is 0 Å². The fourth-order valence-corrected chi connectivity index (χ4v) is 2.13. The number of rotatable bonds is 6. The fourth-order valence-electron chi connectivity index (χ4n) is 2.13. The SMILES string of the molecule is O=C(COc1ccccc1F)NCc1cnn(-c2ccccc2)c1.